The van der Waals surface area contributed by atoms with Gasteiger partial charge in [-0.1, -0.05) is 30.9 Å². The van der Waals surface area contributed by atoms with E-state index in [1.54, 1.807) is 6.07 Å². The number of amides is 2. The van der Waals surface area contributed by atoms with Gasteiger partial charge in [-0.05, 0) is 31.9 Å². The van der Waals surface area contributed by atoms with Crippen molar-refractivity contribution in [3.05, 3.63) is 41.4 Å². The number of carbonyl (C=O) groups excluding carboxylic acids is 1. The lowest BCUT2D eigenvalue weighted by molar-refractivity contribution is 0.165. The van der Waals surface area contributed by atoms with Crippen LogP contribution in [0.1, 0.15) is 39.0 Å². The Bertz CT molecular complexity index is 925. The topological polar surface area (TPSA) is 70.6 Å². The van der Waals surface area contributed by atoms with Gasteiger partial charge in [0.1, 0.15) is 23.7 Å². The van der Waals surface area contributed by atoms with E-state index in [1.165, 1.54) is 43.8 Å². The molecule has 166 valence electrons. The van der Waals surface area contributed by atoms with Crippen molar-refractivity contribution in [3.63, 3.8) is 0 Å². The van der Waals surface area contributed by atoms with Crippen molar-refractivity contribution >= 4 is 23.4 Å². The summed E-state index contributed by atoms with van der Waals surface area (Å²) in [5.41, 5.74) is 0. The molecule has 7 nitrogen and oxygen atoms in total. The van der Waals surface area contributed by atoms with Gasteiger partial charge in [0.2, 0.25) is 5.88 Å². The van der Waals surface area contributed by atoms with Gasteiger partial charge in [0.05, 0.1) is 5.02 Å². The van der Waals surface area contributed by atoms with Gasteiger partial charge >= 0.3 is 6.03 Å². The van der Waals surface area contributed by atoms with Crippen LogP contribution in [0.25, 0.3) is 0 Å². The monoisotopic (exact) mass is 447 g/mol. The number of nitrogens with zero attached hydrogens (tertiary/aromatic N) is 4. The Morgan fingerprint density at radius 2 is 2.00 bits per heavy atom. The standard InChI is InChI=1S/C22H27ClFN5O2/c1-15-13-28(9-10-29(15)22(30)27-16-5-3-2-4-6-16)20-12-21(26-14-25-20)31-17-7-8-19(24)18(23)11-17/h7-8,11-12,14-16H,2-6,9-10,13H2,1H3,(H,27,30). The van der Waals surface area contributed by atoms with Crippen LogP contribution in [0.15, 0.2) is 30.6 Å². The second-order valence-corrected chi connectivity index (χ2v) is 8.57. The van der Waals surface area contributed by atoms with Crippen molar-refractivity contribution in [3.8, 4) is 11.6 Å². The van der Waals surface area contributed by atoms with Crippen LogP contribution in [-0.4, -0.2) is 52.6 Å². The first-order chi connectivity index (χ1) is 15.0. The third kappa shape index (κ3) is 5.36. The third-order valence-electron chi connectivity index (χ3n) is 5.89. The zero-order valence-corrected chi connectivity index (χ0v) is 18.3. The van der Waals surface area contributed by atoms with E-state index in [0.29, 0.717) is 37.3 Å². The molecule has 1 saturated carbocycles. The largest absolute Gasteiger partial charge is 0.439 e. The van der Waals surface area contributed by atoms with Crippen LogP contribution in [0.2, 0.25) is 5.02 Å². The van der Waals surface area contributed by atoms with Crippen molar-refractivity contribution in [2.45, 2.75) is 51.1 Å². The predicted molar refractivity (Wildman–Crippen MR) is 117 cm³/mol. The maximum absolute atomic E-state index is 13.3. The fraction of sp³-hybridized carbons (Fsp3) is 0.500. The first kappa shape index (κ1) is 21.6. The van der Waals surface area contributed by atoms with Crippen molar-refractivity contribution in [2.75, 3.05) is 24.5 Å². The molecule has 1 aliphatic heterocycles. The first-order valence-corrected chi connectivity index (χ1v) is 11.1. The summed E-state index contributed by atoms with van der Waals surface area (Å²) in [5.74, 6) is 0.959. The molecule has 31 heavy (non-hydrogen) atoms. The number of rotatable bonds is 4. The summed E-state index contributed by atoms with van der Waals surface area (Å²) >= 11 is 5.82. The van der Waals surface area contributed by atoms with Crippen molar-refractivity contribution in [1.29, 1.82) is 0 Å². The van der Waals surface area contributed by atoms with E-state index in [2.05, 4.69) is 20.2 Å². The molecule has 1 unspecified atom stereocenters. The molecular weight excluding hydrogens is 421 g/mol. The summed E-state index contributed by atoms with van der Waals surface area (Å²) in [5, 5.41) is 3.19. The van der Waals surface area contributed by atoms with Crippen LogP contribution in [-0.2, 0) is 0 Å². The molecule has 0 spiro atoms. The smallest absolute Gasteiger partial charge is 0.317 e. The highest BCUT2D eigenvalue weighted by molar-refractivity contribution is 6.30. The van der Waals surface area contributed by atoms with Crippen molar-refractivity contribution in [2.24, 2.45) is 0 Å². The average molecular weight is 448 g/mol. The second kappa shape index (κ2) is 9.68. The van der Waals surface area contributed by atoms with Gasteiger partial charge in [0.15, 0.2) is 0 Å². The summed E-state index contributed by atoms with van der Waals surface area (Å²) in [4.78, 5) is 25.3. The first-order valence-electron chi connectivity index (χ1n) is 10.8. The average Bonchev–Trinajstić information content (AvgIpc) is 2.77. The minimum absolute atomic E-state index is 0.0109. The van der Waals surface area contributed by atoms with Crippen molar-refractivity contribution in [1.82, 2.24) is 20.2 Å². The van der Waals surface area contributed by atoms with Gasteiger partial charge in [0, 0.05) is 43.9 Å². The number of urea groups is 1. The van der Waals surface area contributed by atoms with E-state index in [0.717, 1.165) is 18.7 Å². The number of benzene rings is 1. The van der Waals surface area contributed by atoms with Gasteiger partial charge in [-0.25, -0.2) is 19.2 Å². The Labute approximate surface area is 186 Å². The van der Waals surface area contributed by atoms with Crippen LogP contribution in [0, 0.1) is 5.82 Å². The van der Waals surface area contributed by atoms with E-state index in [4.69, 9.17) is 16.3 Å². The molecule has 1 aromatic carbocycles. The molecule has 1 atom stereocenters. The van der Waals surface area contributed by atoms with Crippen LogP contribution in [0.5, 0.6) is 11.6 Å². The molecule has 4 rings (SSSR count). The molecule has 1 aromatic heterocycles. The van der Waals surface area contributed by atoms with Crippen LogP contribution < -0.4 is 15.0 Å². The van der Waals surface area contributed by atoms with Gasteiger partial charge in [-0.15, -0.1) is 0 Å². The lowest BCUT2D eigenvalue weighted by Gasteiger charge is -2.41. The predicted octanol–water partition coefficient (Wildman–Crippen LogP) is 4.61. The molecular formula is C22H27ClFN5O2. The second-order valence-electron chi connectivity index (χ2n) is 8.17. The maximum atomic E-state index is 13.3. The van der Waals surface area contributed by atoms with Crippen molar-refractivity contribution < 1.29 is 13.9 Å². The Morgan fingerprint density at radius 1 is 1.19 bits per heavy atom. The zero-order chi connectivity index (χ0) is 21.8. The molecule has 0 bridgehead atoms. The summed E-state index contributed by atoms with van der Waals surface area (Å²) in [6.07, 6.45) is 7.22. The summed E-state index contributed by atoms with van der Waals surface area (Å²) in [6, 6.07) is 6.26. The number of halogens is 2. The van der Waals surface area contributed by atoms with Crippen LogP contribution >= 0.6 is 11.6 Å². The van der Waals surface area contributed by atoms with E-state index in [9.17, 15) is 9.18 Å². The molecule has 1 aliphatic carbocycles. The minimum Gasteiger partial charge on any atom is -0.439 e. The Balaban J connectivity index is 1.37. The number of nitrogens with one attached hydrogen (secondary N) is 1. The molecule has 2 fully saturated rings. The molecule has 2 aromatic rings. The number of anilines is 1. The molecule has 2 aliphatic rings. The van der Waals surface area contributed by atoms with Crippen LogP contribution in [0.3, 0.4) is 0 Å². The quantitative estimate of drug-likeness (QED) is 0.740. The fourth-order valence-electron chi connectivity index (χ4n) is 4.19. The number of carbonyl (C=O) groups is 1. The van der Waals surface area contributed by atoms with Gasteiger partial charge in [0.25, 0.3) is 0 Å². The van der Waals surface area contributed by atoms with Crippen LogP contribution in [0.4, 0.5) is 15.0 Å². The fourth-order valence-corrected chi connectivity index (χ4v) is 4.36. The number of ether oxygens (including phenoxy) is 1. The normalized spacial score (nSPS) is 19.9. The molecule has 0 radical (unpaired) electrons. The highest BCUT2D eigenvalue weighted by atomic mass is 35.5. The summed E-state index contributed by atoms with van der Waals surface area (Å²) < 4.78 is 19.1. The highest BCUT2D eigenvalue weighted by Gasteiger charge is 2.29. The third-order valence-corrected chi connectivity index (χ3v) is 6.18. The Morgan fingerprint density at radius 3 is 2.74 bits per heavy atom. The van der Waals surface area contributed by atoms with Gasteiger partial charge in [-0.2, -0.15) is 0 Å². The Hall–Kier alpha value is -2.61. The van der Waals surface area contributed by atoms with Gasteiger partial charge in [-0.3, -0.25) is 0 Å². The number of hydrogen-bond acceptors (Lipinski definition) is 5. The highest BCUT2D eigenvalue weighted by Crippen LogP contribution is 2.27. The minimum atomic E-state index is -0.503. The lowest BCUT2D eigenvalue weighted by Crippen LogP contribution is -2.58. The number of piperazine rings is 1. The van der Waals surface area contributed by atoms with E-state index in [-0.39, 0.29) is 17.1 Å². The summed E-state index contributed by atoms with van der Waals surface area (Å²) in [7, 11) is 0. The zero-order valence-electron chi connectivity index (χ0n) is 17.6. The maximum Gasteiger partial charge on any atom is 0.317 e. The lowest BCUT2D eigenvalue weighted by atomic mass is 9.96. The van der Waals surface area contributed by atoms with E-state index >= 15 is 0 Å². The number of aromatic nitrogens is 2. The molecule has 9 heteroatoms. The molecule has 2 heterocycles. The summed E-state index contributed by atoms with van der Waals surface area (Å²) in [6.45, 7) is 4.00. The SMILES string of the molecule is CC1CN(c2cc(Oc3ccc(F)c(Cl)c3)ncn2)CCN1C(=O)NC1CCCCC1. The van der Waals surface area contributed by atoms with E-state index < -0.39 is 5.82 Å². The number of hydrogen-bond donors (Lipinski definition) is 1. The molecule has 1 saturated heterocycles. The molecule has 2 amide bonds. The van der Waals surface area contributed by atoms with E-state index in [1.807, 2.05) is 11.8 Å². The molecule has 1 N–H and O–H groups in total. The van der Waals surface area contributed by atoms with Gasteiger partial charge < -0.3 is 19.9 Å². The Kier molecular flexibility index (Phi) is 6.75.